The van der Waals surface area contributed by atoms with Crippen molar-refractivity contribution in [2.45, 2.75) is 60.9 Å². The molecule has 0 fully saturated rings. The summed E-state index contributed by atoms with van der Waals surface area (Å²) in [4.78, 5) is 5.84. The van der Waals surface area contributed by atoms with Crippen LogP contribution in [0.5, 0.6) is 11.5 Å². The SMILES string of the molecule is C[Si](C)(CCCNS(=O)(=O)c1cccc2c([O-])c([N+]#N)ccc12)O[Si](C)(C)CCCNS(=O)(=O)c1cccc2c([O-])c([N+]#N)ccc12. The van der Waals surface area contributed by atoms with E-state index in [1.807, 2.05) is 0 Å². The third kappa shape index (κ3) is 8.32. The van der Waals surface area contributed by atoms with E-state index in [4.69, 9.17) is 14.9 Å². The smallest absolute Gasteiger partial charge is 0.378 e. The van der Waals surface area contributed by atoms with Gasteiger partial charge in [-0.1, -0.05) is 24.3 Å². The zero-order chi connectivity index (χ0) is 34.6. The van der Waals surface area contributed by atoms with Gasteiger partial charge < -0.3 is 14.3 Å². The molecule has 0 heterocycles. The summed E-state index contributed by atoms with van der Waals surface area (Å²) in [5, 5.41) is 43.7. The molecule has 47 heavy (non-hydrogen) atoms. The summed E-state index contributed by atoms with van der Waals surface area (Å²) in [5.41, 5.74) is -0.340. The van der Waals surface area contributed by atoms with Gasteiger partial charge in [-0.25, -0.2) is 26.3 Å². The van der Waals surface area contributed by atoms with Crippen LogP contribution in [0.1, 0.15) is 12.8 Å². The number of nitrogens with one attached hydrogen (secondary N) is 2. The molecule has 4 aromatic carbocycles. The van der Waals surface area contributed by atoms with E-state index in [0.29, 0.717) is 24.9 Å². The van der Waals surface area contributed by atoms with Crippen LogP contribution in [0, 0.1) is 10.8 Å². The zero-order valence-electron chi connectivity index (χ0n) is 26.5. The van der Waals surface area contributed by atoms with Crippen molar-refractivity contribution in [2.75, 3.05) is 13.1 Å². The topological polar surface area (TPSA) is 204 Å². The van der Waals surface area contributed by atoms with Crippen LogP contribution in [-0.2, 0) is 24.2 Å². The van der Waals surface area contributed by atoms with E-state index >= 15 is 0 Å². The van der Waals surface area contributed by atoms with Crippen LogP contribution in [0.15, 0.2) is 70.5 Å². The maximum atomic E-state index is 13.1. The van der Waals surface area contributed by atoms with Gasteiger partial charge in [0, 0.05) is 36.0 Å². The maximum absolute atomic E-state index is 13.1. The molecule has 4 rings (SSSR count). The van der Waals surface area contributed by atoms with E-state index < -0.39 is 48.2 Å². The Kier molecular flexibility index (Phi) is 10.7. The Morgan fingerprint density at radius 2 is 1.02 bits per heavy atom. The number of diazo groups is 2. The summed E-state index contributed by atoms with van der Waals surface area (Å²) >= 11 is 0. The number of benzene rings is 4. The van der Waals surface area contributed by atoms with Gasteiger partial charge >= 0.3 is 11.4 Å². The molecule has 0 amide bonds. The van der Waals surface area contributed by atoms with Gasteiger partial charge in [0.05, 0.1) is 9.79 Å². The monoisotopic (exact) mass is 712 g/mol. The van der Waals surface area contributed by atoms with Crippen LogP contribution in [0.4, 0.5) is 11.4 Å². The zero-order valence-corrected chi connectivity index (χ0v) is 30.1. The van der Waals surface area contributed by atoms with Crippen molar-refractivity contribution in [3.05, 3.63) is 70.6 Å². The average molecular weight is 713 g/mol. The Morgan fingerprint density at radius 1 is 0.638 bits per heavy atom. The minimum atomic E-state index is -3.93. The minimum absolute atomic E-state index is 0.0316. The number of sulfonamides is 2. The predicted molar refractivity (Wildman–Crippen MR) is 182 cm³/mol. The second-order valence-corrected chi connectivity index (χ2v) is 24.7. The van der Waals surface area contributed by atoms with Gasteiger partial charge in [-0.15, -0.1) is 0 Å². The fraction of sp³-hybridized carbons (Fsp3) is 0.333. The molecule has 4 aromatic rings. The van der Waals surface area contributed by atoms with Crippen molar-refractivity contribution < 1.29 is 31.2 Å². The van der Waals surface area contributed by atoms with Crippen molar-refractivity contribution in [3.63, 3.8) is 0 Å². The summed E-state index contributed by atoms with van der Waals surface area (Å²) in [5.74, 6) is -1.12. The third-order valence-corrected chi connectivity index (χ3v) is 18.3. The summed E-state index contributed by atoms with van der Waals surface area (Å²) in [7, 11) is -12.3. The van der Waals surface area contributed by atoms with Crippen molar-refractivity contribution in [3.8, 4) is 11.5 Å². The van der Waals surface area contributed by atoms with Gasteiger partial charge in [-0.3, -0.25) is 0 Å². The first kappa shape index (κ1) is 35.9. The van der Waals surface area contributed by atoms with Crippen molar-refractivity contribution in [1.82, 2.24) is 9.44 Å². The van der Waals surface area contributed by atoms with E-state index in [-0.39, 0.29) is 55.8 Å². The lowest BCUT2D eigenvalue weighted by Gasteiger charge is -2.34. The predicted octanol–water partition coefficient (Wildman–Crippen LogP) is 5.57. The molecule has 13 nitrogen and oxygen atoms in total. The maximum Gasteiger partial charge on any atom is 0.378 e. The van der Waals surface area contributed by atoms with Crippen LogP contribution >= 0.6 is 0 Å². The largest absolute Gasteiger partial charge is 0.867 e. The molecule has 0 bridgehead atoms. The Bertz CT molecular complexity index is 1980. The van der Waals surface area contributed by atoms with Crippen molar-refractivity contribution >= 4 is 69.6 Å². The van der Waals surface area contributed by atoms with Crippen LogP contribution in [0.25, 0.3) is 31.5 Å². The highest BCUT2D eigenvalue weighted by Crippen LogP contribution is 2.36. The summed E-state index contributed by atoms with van der Waals surface area (Å²) in [6.07, 6.45) is 1.08. The molecule has 0 radical (unpaired) electrons. The number of hydrogen-bond donors (Lipinski definition) is 2. The molecule has 0 aromatic heterocycles. The summed E-state index contributed by atoms with van der Waals surface area (Å²) in [6, 6.07) is 15.6. The van der Waals surface area contributed by atoms with Crippen molar-refractivity contribution in [1.29, 1.82) is 10.8 Å². The van der Waals surface area contributed by atoms with Gasteiger partial charge in [-0.2, -0.15) is 0 Å². The molecule has 0 unspecified atom stereocenters. The molecular weight excluding hydrogens is 677 g/mol. The van der Waals surface area contributed by atoms with Gasteiger partial charge in [0.25, 0.3) is 0 Å². The first-order valence-corrected chi connectivity index (χ1v) is 24.1. The van der Waals surface area contributed by atoms with Crippen LogP contribution in [0.3, 0.4) is 0 Å². The van der Waals surface area contributed by atoms with Gasteiger partial charge in [0.2, 0.25) is 30.8 Å². The highest BCUT2D eigenvalue weighted by molar-refractivity contribution is 7.90. The number of nitrogens with zero attached hydrogens (tertiary/aromatic N) is 4. The molecule has 17 heteroatoms. The minimum Gasteiger partial charge on any atom is -0.867 e. The quantitative estimate of drug-likeness (QED) is 0.0951. The lowest BCUT2D eigenvalue weighted by molar-refractivity contribution is -0.265. The van der Waals surface area contributed by atoms with Gasteiger partial charge in [0.1, 0.15) is 0 Å². The molecule has 0 aliphatic carbocycles. The lowest BCUT2D eigenvalue weighted by atomic mass is 10.1. The fourth-order valence-electron chi connectivity index (χ4n) is 5.65. The fourth-order valence-corrected chi connectivity index (χ4v) is 17.1. The average Bonchev–Trinajstić information content (AvgIpc) is 3.01. The summed E-state index contributed by atoms with van der Waals surface area (Å²) in [6.45, 7) is 8.64. The standard InChI is InChI=1S/C30H36N6O7S2Si2/c1-46(2,19-7-17-33-44(39,40)27-11-5-9-23-21(27)13-15-25(35-31)29(23)37)43-47(3,4)20-8-18-34-45(41,42)28-12-6-10-24-22(28)14-16-26(36-32)30(24)38/h5-6,9-16,33-34H,7-8,17-20H2,1-4H3. The summed E-state index contributed by atoms with van der Waals surface area (Å²) < 4.78 is 64.3. The normalized spacial score (nSPS) is 12.6. The lowest BCUT2D eigenvalue weighted by Crippen LogP contribution is -2.45. The third-order valence-electron chi connectivity index (χ3n) is 7.74. The number of fused-ring (bicyclic) bond motifs is 2. The molecular formula is C30H36N6O7S2Si2. The number of rotatable bonds is 14. The molecule has 0 saturated carbocycles. The molecule has 0 spiro atoms. The molecule has 0 aliphatic heterocycles. The van der Waals surface area contributed by atoms with E-state index in [1.165, 1.54) is 60.7 Å². The van der Waals surface area contributed by atoms with E-state index in [0.717, 1.165) is 0 Å². The van der Waals surface area contributed by atoms with Crippen molar-refractivity contribution in [2.24, 2.45) is 0 Å². The van der Waals surface area contributed by atoms with Gasteiger partial charge in [-0.05, 0) is 97.7 Å². The molecule has 2 N–H and O–H groups in total. The van der Waals surface area contributed by atoms with Crippen LogP contribution < -0.4 is 19.7 Å². The Morgan fingerprint density at radius 3 is 1.38 bits per heavy atom. The van der Waals surface area contributed by atoms with E-state index in [2.05, 4.69) is 45.6 Å². The van der Waals surface area contributed by atoms with Crippen LogP contribution in [-0.4, -0.2) is 46.6 Å². The first-order valence-electron chi connectivity index (χ1n) is 14.9. The second-order valence-electron chi connectivity index (χ2n) is 12.4. The molecule has 248 valence electrons. The van der Waals surface area contributed by atoms with Gasteiger partial charge in [0.15, 0.2) is 26.6 Å². The highest BCUT2D eigenvalue weighted by Gasteiger charge is 2.32. The number of hydrogen-bond acceptors (Lipinski definition) is 9. The Labute approximate surface area is 276 Å². The van der Waals surface area contributed by atoms with E-state index in [1.54, 1.807) is 0 Å². The Hall–Kier alpha value is -3.95. The molecule has 0 atom stereocenters. The molecule has 0 saturated heterocycles. The first-order chi connectivity index (χ1) is 22.0. The second kappa shape index (κ2) is 14.0. The van der Waals surface area contributed by atoms with E-state index in [9.17, 15) is 27.0 Å². The Balaban J connectivity index is 1.29. The molecule has 0 aliphatic rings. The highest BCUT2D eigenvalue weighted by atomic mass is 32.2. The van der Waals surface area contributed by atoms with Crippen LogP contribution in [0.2, 0.25) is 38.3 Å².